The van der Waals surface area contributed by atoms with E-state index in [4.69, 9.17) is 15.7 Å². The second-order valence-electron chi connectivity index (χ2n) is 13.5. The Bertz CT molecular complexity index is 1630. The molecule has 1 aliphatic heterocycles. The number of aliphatic carboxylic acids is 1. The normalized spacial score (nSPS) is 16.7. The number of benzene rings is 1. The highest BCUT2D eigenvalue weighted by molar-refractivity contribution is 5.97. The Morgan fingerprint density at radius 2 is 1.17 bits per heavy atom. The molecular formula is C35H53N9O14. The van der Waals surface area contributed by atoms with Gasteiger partial charge in [-0.2, -0.15) is 0 Å². The molecule has 0 radical (unpaired) electrons. The number of rotatable bonds is 24. The van der Waals surface area contributed by atoms with Gasteiger partial charge in [-0.25, -0.2) is 25.0 Å². The van der Waals surface area contributed by atoms with E-state index in [9.17, 15) is 58.8 Å². The summed E-state index contributed by atoms with van der Waals surface area (Å²) in [5.41, 5.74) is 6.28. The lowest BCUT2D eigenvalue weighted by Crippen LogP contribution is -2.70. The van der Waals surface area contributed by atoms with Crippen molar-refractivity contribution in [2.45, 2.75) is 102 Å². The Hall–Kier alpha value is -5.75. The highest BCUT2D eigenvalue weighted by atomic mass is 16.7. The molecule has 23 nitrogen and oxygen atoms in total. The zero-order valence-corrected chi connectivity index (χ0v) is 32.7. The fraction of sp³-hybridized carbons (Fsp3) is 0.571. The van der Waals surface area contributed by atoms with Gasteiger partial charge in [0.2, 0.25) is 41.4 Å². The number of nitrogens with two attached hydrogens (primary N) is 1. The van der Waals surface area contributed by atoms with E-state index in [0.717, 1.165) is 25.8 Å². The second-order valence-corrected chi connectivity index (χ2v) is 13.5. The maximum atomic E-state index is 14.0. The van der Waals surface area contributed by atoms with Crippen molar-refractivity contribution < 1.29 is 68.7 Å². The minimum atomic E-state index is -1.47. The van der Waals surface area contributed by atoms with Crippen molar-refractivity contribution in [3.63, 3.8) is 0 Å². The first-order valence-electron chi connectivity index (χ1n) is 18.4. The van der Waals surface area contributed by atoms with Gasteiger partial charge in [0.05, 0.1) is 12.1 Å². The molecule has 58 heavy (non-hydrogen) atoms. The van der Waals surface area contributed by atoms with E-state index in [2.05, 4.69) is 21.3 Å². The number of carbonyl (C=O) groups is 9. The van der Waals surface area contributed by atoms with E-state index in [1.165, 1.54) is 19.1 Å². The summed E-state index contributed by atoms with van der Waals surface area (Å²) >= 11 is 0. The third-order valence-electron chi connectivity index (χ3n) is 8.95. The largest absolute Gasteiger partial charge is 0.479 e. The third-order valence-corrected chi connectivity index (χ3v) is 8.95. The van der Waals surface area contributed by atoms with Crippen molar-refractivity contribution in [1.82, 2.24) is 41.5 Å². The lowest BCUT2D eigenvalue weighted by Gasteiger charge is -2.43. The predicted octanol–water partition coefficient (Wildman–Crippen LogP) is -2.07. The van der Waals surface area contributed by atoms with E-state index in [-0.39, 0.29) is 63.7 Å². The van der Waals surface area contributed by atoms with Gasteiger partial charge in [-0.3, -0.25) is 58.8 Å². The maximum Gasteiger partial charge on any atom is 0.332 e. The molecule has 6 atom stereocenters. The lowest BCUT2D eigenvalue weighted by molar-refractivity contribution is -0.233. The first-order chi connectivity index (χ1) is 27.2. The molecular weight excluding hydrogens is 770 g/mol. The Labute approximate surface area is 333 Å². The molecule has 1 aromatic rings. The van der Waals surface area contributed by atoms with Gasteiger partial charge in [0, 0.05) is 40.4 Å². The minimum absolute atomic E-state index is 0.0142. The molecule has 1 aliphatic rings. The number of carboxylic acids is 1. The van der Waals surface area contributed by atoms with E-state index in [1.807, 2.05) is 0 Å². The summed E-state index contributed by atoms with van der Waals surface area (Å²) in [6.07, 6.45) is -0.377. The average Bonchev–Trinajstić information content (AvgIpc) is 3.17. The quantitative estimate of drug-likeness (QED) is 0.0307. The molecule has 1 heterocycles. The predicted molar refractivity (Wildman–Crippen MR) is 196 cm³/mol. The first-order valence-corrected chi connectivity index (χ1v) is 18.4. The molecule has 2 rings (SSSR count). The van der Waals surface area contributed by atoms with E-state index in [0.29, 0.717) is 15.2 Å². The van der Waals surface area contributed by atoms with Crippen LogP contribution in [0.3, 0.4) is 0 Å². The van der Waals surface area contributed by atoms with Crippen molar-refractivity contribution in [3.8, 4) is 0 Å². The van der Waals surface area contributed by atoms with Gasteiger partial charge in [0.1, 0.15) is 24.2 Å². The molecule has 23 heteroatoms. The number of β-lactam (4-membered cyclic amide) rings is 1. The molecule has 0 unspecified atom stereocenters. The van der Waals surface area contributed by atoms with Crippen molar-refractivity contribution >= 4 is 53.2 Å². The van der Waals surface area contributed by atoms with E-state index in [1.54, 1.807) is 18.2 Å². The van der Waals surface area contributed by atoms with Crippen LogP contribution in [0.4, 0.5) is 0 Å². The number of hydrogen-bond donors (Lipinski definition) is 9. The summed E-state index contributed by atoms with van der Waals surface area (Å²) in [7, 11) is 0. The van der Waals surface area contributed by atoms with Crippen LogP contribution in [0.25, 0.3) is 0 Å². The Balaban J connectivity index is 2.34. The van der Waals surface area contributed by atoms with Gasteiger partial charge in [0.15, 0.2) is 6.61 Å². The van der Waals surface area contributed by atoms with Crippen LogP contribution in [0.1, 0.15) is 77.8 Å². The van der Waals surface area contributed by atoms with E-state index < -0.39 is 96.1 Å². The zero-order valence-electron chi connectivity index (χ0n) is 32.7. The maximum absolute atomic E-state index is 14.0. The smallest absolute Gasteiger partial charge is 0.332 e. The van der Waals surface area contributed by atoms with Crippen molar-refractivity contribution in [1.29, 1.82) is 0 Å². The summed E-state index contributed by atoms with van der Waals surface area (Å²) < 4.78 is 0. The summed E-state index contributed by atoms with van der Waals surface area (Å²) in [5, 5.41) is 50.4. The number of nitrogens with zero attached hydrogens (tertiary/aromatic N) is 4. The van der Waals surface area contributed by atoms with Crippen LogP contribution < -0.4 is 27.0 Å². The molecule has 8 amide bonds. The van der Waals surface area contributed by atoms with Gasteiger partial charge >= 0.3 is 5.97 Å². The van der Waals surface area contributed by atoms with Gasteiger partial charge in [0.25, 0.3) is 5.91 Å². The molecule has 0 saturated carbocycles. The number of carbonyl (C=O) groups excluding carboxylic acids is 8. The number of hydroxylamine groups is 8. The second kappa shape index (κ2) is 23.5. The molecule has 0 aliphatic carbocycles. The molecule has 0 spiro atoms. The molecule has 1 fully saturated rings. The number of carboxylic acid groups (broad SMARTS) is 1. The fourth-order valence-corrected chi connectivity index (χ4v) is 5.55. The Morgan fingerprint density at radius 1 is 0.724 bits per heavy atom. The van der Waals surface area contributed by atoms with Gasteiger partial charge in [-0.15, -0.1) is 0 Å². The standard InChI is InChI=1S/C35H53N9O14/c1-20-29(35(54)44(20)58-19-28(48)49)39-34(53)30(24-11-6-5-7-12-24)40-33(52)27(15-10-18-43(57)23(4)47)38-32(51)26(14-9-17-42(56)22(3)46)37-31(50)25(36)13-8-16-41(55)21(2)45/h5-7,11-12,20,25-27,29-30,55-57H,8-10,13-19,36H2,1-4H3,(H,37,50)(H,38,51)(H,39,53)(H,40,52)(H,48,49)/t20-,25-,26-,27-,29-,30+/m0/s1. The van der Waals surface area contributed by atoms with Gasteiger partial charge < -0.3 is 32.1 Å². The van der Waals surface area contributed by atoms with Crippen LogP contribution in [0.5, 0.6) is 0 Å². The fourth-order valence-electron chi connectivity index (χ4n) is 5.55. The van der Waals surface area contributed by atoms with Gasteiger partial charge in [-0.1, -0.05) is 30.3 Å². The van der Waals surface area contributed by atoms with E-state index >= 15 is 0 Å². The first kappa shape index (κ1) is 48.4. The molecule has 0 bridgehead atoms. The summed E-state index contributed by atoms with van der Waals surface area (Å²) in [5.74, 6) is -7.59. The average molecular weight is 824 g/mol. The summed E-state index contributed by atoms with van der Waals surface area (Å²) in [6.45, 7) is 3.42. The van der Waals surface area contributed by atoms with Crippen molar-refractivity contribution in [2.75, 3.05) is 26.2 Å². The van der Waals surface area contributed by atoms with Crippen LogP contribution in [-0.4, -0.2) is 151 Å². The highest BCUT2D eigenvalue weighted by Crippen LogP contribution is 2.22. The molecule has 1 saturated heterocycles. The van der Waals surface area contributed by atoms with Crippen molar-refractivity contribution in [2.24, 2.45) is 5.73 Å². The van der Waals surface area contributed by atoms with Crippen LogP contribution in [0, 0.1) is 0 Å². The van der Waals surface area contributed by atoms with Crippen LogP contribution in [0.15, 0.2) is 30.3 Å². The summed E-state index contributed by atoms with van der Waals surface area (Å²) in [6, 6.07) is 0.364. The molecule has 10 N–H and O–H groups in total. The topological polar surface area (TPSA) is 331 Å². The number of hydrogen-bond acceptors (Lipinski definition) is 14. The zero-order chi connectivity index (χ0) is 43.7. The monoisotopic (exact) mass is 823 g/mol. The Morgan fingerprint density at radius 3 is 1.62 bits per heavy atom. The van der Waals surface area contributed by atoms with Gasteiger partial charge in [-0.05, 0) is 51.0 Å². The third kappa shape index (κ3) is 15.3. The number of nitrogens with one attached hydrogen (secondary N) is 4. The Kier molecular flexibility index (Phi) is 19.6. The van der Waals surface area contributed by atoms with Crippen LogP contribution in [-0.2, 0) is 48.0 Å². The SMILES string of the molecule is CC(=O)N(O)CCC[C@H](NC(=O)[C@H](CCCN(O)C(C)=O)NC(=O)[C@@H](N)CCCN(O)C(C)=O)C(=O)N[C@@H](C(=O)N[C@@H]1C(=O)N(OCC(=O)O)[C@H]1C)c1ccccc1. The van der Waals surface area contributed by atoms with Crippen molar-refractivity contribution in [3.05, 3.63) is 35.9 Å². The minimum Gasteiger partial charge on any atom is -0.479 e. The highest BCUT2D eigenvalue weighted by Gasteiger charge is 2.48. The molecule has 322 valence electrons. The number of amides is 8. The van der Waals surface area contributed by atoms with Crippen LogP contribution in [0.2, 0.25) is 0 Å². The molecule has 0 aromatic heterocycles. The lowest BCUT2D eigenvalue weighted by atomic mass is 9.98. The van der Waals surface area contributed by atoms with Crippen LogP contribution >= 0.6 is 0 Å². The summed E-state index contributed by atoms with van der Waals surface area (Å²) in [4.78, 5) is 118. The molecule has 1 aromatic carbocycles.